The fraction of sp³-hybridized carbons (Fsp3) is 0.0645. The first-order chi connectivity index (χ1) is 17.2. The van der Waals surface area contributed by atoms with Crippen molar-refractivity contribution >= 4 is 45.1 Å². The molecule has 0 bridgehead atoms. The lowest BCUT2D eigenvalue weighted by atomic mass is 9.90. The molecule has 0 aliphatic carbocycles. The van der Waals surface area contributed by atoms with Gasteiger partial charge in [0.25, 0.3) is 0 Å². The summed E-state index contributed by atoms with van der Waals surface area (Å²) in [6.07, 6.45) is 10.8. The predicted molar refractivity (Wildman–Crippen MR) is 148 cm³/mol. The molecule has 0 heterocycles. The molecule has 0 aromatic heterocycles. The molecule has 0 atom stereocenters. The van der Waals surface area contributed by atoms with Gasteiger partial charge < -0.3 is 20.4 Å². The number of terminal acetylenes is 1. The Morgan fingerprint density at radius 2 is 1.50 bits per heavy atom. The third kappa shape index (κ3) is 3.85. The smallest absolute Gasteiger partial charge is 0.171 e. The average Bonchev–Trinajstić information content (AvgIpc) is 2.88. The van der Waals surface area contributed by atoms with E-state index in [9.17, 15) is 20.4 Å². The van der Waals surface area contributed by atoms with Crippen molar-refractivity contribution in [2.75, 3.05) is 0 Å². The number of aliphatic imine (C=N–C) groups is 1. The van der Waals surface area contributed by atoms with Crippen molar-refractivity contribution in [3.8, 4) is 35.3 Å². The van der Waals surface area contributed by atoms with Crippen LogP contribution in [0.25, 0.3) is 39.4 Å². The third-order valence-electron chi connectivity index (χ3n) is 6.29. The van der Waals surface area contributed by atoms with Gasteiger partial charge in [-0.05, 0) is 64.7 Å². The molecule has 5 nitrogen and oxygen atoms in total. The van der Waals surface area contributed by atoms with E-state index in [0.717, 1.165) is 32.7 Å². The Kier molecular flexibility index (Phi) is 6.29. The summed E-state index contributed by atoms with van der Waals surface area (Å²) >= 11 is 0. The van der Waals surface area contributed by atoms with Crippen molar-refractivity contribution in [3.05, 3.63) is 89.5 Å². The van der Waals surface area contributed by atoms with Gasteiger partial charge in [0.1, 0.15) is 0 Å². The minimum atomic E-state index is -0.566. The summed E-state index contributed by atoms with van der Waals surface area (Å²) < 4.78 is 0. The highest BCUT2D eigenvalue weighted by molar-refractivity contribution is 6.15. The molecule has 0 amide bonds. The number of nitrogens with zero attached hydrogens (tertiary/aromatic N) is 1. The lowest BCUT2D eigenvalue weighted by molar-refractivity contribution is 0.367. The zero-order valence-electron chi connectivity index (χ0n) is 20.0. The normalized spacial score (nSPS) is 11.8. The maximum Gasteiger partial charge on any atom is 0.171 e. The summed E-state index contributed by atoms with van der Waals surface area (Å²) in [5.41, 5.74) is 2.99. The average molecular weight is 476 g/mol. The largest absolute Gasteiger partial charge is 0.504 e. The molecule has 5 heteroatoms. The van der Waals surface area contributed by atoms with Crippen molar-refractivity contribution in [1.82, 2.24) is 0 Å². The molecule has 4 N–H and O–H groups in total. The third-order valence-corrected chi connectivity index (χ3v) is 6.29. The molecule has 0 aliphatic heterocycles. The lowest BCUT2D eigenvalue weighted by Crippen LogP contribution is -1.99. The molecule has 4 aromatic rings. The van der Waals surface area contributed by atoms with E-state index in [4.69, 9.17) is 6.42 Å². The molecular weight excluding hydrogens is 450 g/mol. The minimum Gasteiger partial charge on any atom is -0.504 e. The zero-order chi connectivity index (χ0) is 26.1. The van der Waals surface area contributed by atoms with E-state index >= 15 is 0 Å². The standard InChI is InChI=1S/C31H25NO4/c1-6-8-11-22-21(7-2)23-12-9-10-13-24(23)26-16-20(14-15-25(22)26)18(4)32-19(5)27-30(35)28(33)17(3)29(34)31(27)36/h1,7-16,33-36H,2,4H2,3,5H3/b11-8-,32-19?. The first-order valence-electron chi connectivity index (χ1n) is 11.2. The molecule has 0 radical (unpaired) electrons. The predicted octanol–water partition coefficient (Wildman–Crippen LogP) is 6.89. The fourth-order valence-electron chi connectivity index (χ4n) is 4.44. The second kappa shape index (κ2) is 9.36. The number of rotatable bonds is 5. The highest BCUT2D eigenvalue weighted by Gasteiger charge is 2.23. The van der Waals surface area contributed by atoms with Crippen molar-refractivity contribution in [2.24, 2.45) is 4.99 Å². The molecular formula is C31H25NO4. The summed E-state index contributed by atoms with van der Waals surface area (Å²) in [5.74, 6) is 0.362. The molecule has 0 fully saturated rings. The number of hydrogen-bond donors (Lipinski definition) is 4. The number of benzene rings is 4. The Balaban J connectivity index is 1.92. The number of allylic oxidation sites excluding steroid dienone is 1. The molecule has 36 heavy (non-hydrogen) atoms. The monoisotopic (exact) mass is 475 g/mol. The van der Waals surface area contributed by atoms with Crippen LogP contribution < -0.4 is 0 Å². The van der Waals surface area contributed by atoms with Gasteiger partial charge in [-0.3, -0.25) is 4.99 Å². The Bertz CT molecular complexity index is 1650. The van der Waals surface area contributed by atoms with Gasteiger partial charge in [0, 0.05) is 11.1 Å². The van der Waals surface area contributed by atoms with Gasteiger partial charge in [0.15, 0.2) is 23.0 Å². The number of phenols is 4. The van der Waals surface area contributed by atoms with Gasteiger partial charge in [-0.2, -0.15) is 0 Å². The lowest BCUT2D eigenvalue weighted by Gasteiger charge is -2.15. The first-order valence-corrected chi connectivity index (χ1v) is 11.2. The quantitative estimate of drug-likeness (QED) is 0.0831. The van der Waals surface area contributed by atoms with Gasteiger partial charge >= 0.3 is 0 Å². The Labute approximate surface area is 209 Å². The summed E-state index contributed by atoms with van der Waals surface area (Å²) in [4.78, 5) is 4.47. The number of fused-ring (bicyclic) bond motifs is 3. The van der Waals surface area contributed by atoms with Crippen molar-refractivity contribution in [2.45, 2.75) is 13.8 Å². The zero-order valence-corrected chi connectivity index (χ0v) is 20.0. The van der Waals surface area contributed by atoms with E-state index in [1.165, 1.54) is 6.92 Å². The molecule has 178 valence electrons. The number of phenolic OH excluding ortho intramolecular Hbond substituents is 4. The second-order valence-corrected chi connectivity index (χ2v) is 8.38. The van der Waals surface area contributed by atoms with Crippen LogP contribution >= 0.6 is 0 Å². The molecule has 0 aliphatic rings. The van der Waals surface area contributed by atoms with E-state index < -0.39 is 23.0 Å². The van der Waals surface area contributed by atoms with E-state index in [1.54, 1.807) is 13.0 Å². The topological polar surface area (TPSA) is 93.3 Å². The van der Waals surface area contributed by atoms with Gasteiger partial charge in [0.2, 0.25) is 0 Å². The van der Waals surface area contributed by atoms with Crippen LogP contribution in [0.15, 0.2) is 66.7 Å². The van der Waals surface area contributed by atoms with Crippen LogP contribution in [0, 0.1) is 19.3 Å². The minimum absolute atomic E-state index is 0.0321. The highest BCUT2D eigenvalue weighted by atomic mass is 16.3. The van der Waals surface area contributed by atoms with Gasteiger partial charge in [0.05, 0.1) is 17.0 Å². The van der Waals surface area contributed by atoms with Crippen molar-refractivity contribution in [3.63, 3.8) is 0 Å². The molecule has 4 aromatic carbocycles. The molecule has 4 rings (SSSR count). The summed E-state index contributed by atoms with van der Waals surface area (Å²) in [5, 5.41) is 45.0. The number of aromatic hydroxyl groups is 4. The Hall–Kier alpha value is -4.95. The summed E-state index contributed by atoms with van der Waals surface area (Å²) in [6, 6.07) is 13.8. The second-order valence-electron chi connectivity index (χ2n) is 8.38. The maximum atomic E-state index is 10.4. The van der Waals surface area contributed by atoms with Gasteiger partial charge in [-0.15, -0.1) is 6.42 Å². The SMILES string of the molecule is C#C/C=C\c1c(C=C)c2ccccc2c2cc(C(=C)N=C(C)c3c(O)c(O)c(C)c(O)c3O)ccc12. The van der Waals surface area contributed by atoms with E-state index in [-0.39, 0.29) is 16.8 Å². The maximum absolute atomic E-state index is 10.4. The Morgan fingerprint density at radius 1 is 0.889 bits per heavy atom. The van der Waals surface area contributed by atoms with Crippen LogP contribution in [-0.4, -0.2) is 26.1 Å². The van der Waals surface area contributed by atoms with Crippen LogP contribution in [0.5, 0.6) is 23.0 Å². The van der Waals surface area contributed by atoms with E-state index in [2.05, 4.69) is 24.1 Å². The van der Waals surface area contributed by atoms with E-state index in [0.29, 0.717) is 11.3 Å². The molecule has 0 saturated heterocycles. The van der Waals surface area contributed by atoms with Crippen molar-refractivity contribution < 1.29 is 20.4 Å². The Morgan fingerprint density at radius 3 is 2.11 bits per heavy atom. The van der Waals surface area contributed by atoms with Crippen LogP contribution in [-0.2, 0) is 0 Å². The summed E-state index contributed by atoms with van der Waals surface area (Å²) in [6.45, 7) is 11.0. The van der Waals surface area contributed by atoms with Crippen molar-refractivity contribution in [1.29, 1.82) is 0 Å². The van der Waals surface area contributed by atoms with Gasteiger partial charge in [-0.25, -0.2) is 0 Å². The van der Waals surface area contributed by atoms with E-state index in [1.807, 2.05) is 54.6 Å². The van der Waals surface area contributed by atoms with Crippen LogP contribution in [0.1, 0.15) is 34.7 Å². The molecule has 0 saturated carbocycles. The fourth-order valence-corrected chi connectivity index (χ4v) is 4.44. The highest BCUT2D eigenvalue weighted by Crippen LogP contribution is 2.46. The van der Waals surface area contributed by atoms with Crippen LogP contribution in [0.2, 0.25) is 0 Å². The summed E-state index contributed by atoms with van der Waals surface area (Å²) in [7, 11) is 0. The van der Waals surface area contributed by atoms with Gasteiger partial charge in [-0.1, -0.05) is 61.6 Å². The molecule has 0 unspecified atom stereocenters. The number of hydrogen-bond acceptors (Lipinski definition) is 5. The van der Waals surface area contributed by atoms with Crippen LogP contribution in [0.3, 0.4) is 0 Å². The first kappa shape index (κ1) is 24.2. The molecule has 0 spiro atoms. The van der Waals surface area contributed by atoms with Crippen LogP contribution in [0.4, 0.5) is 0 Å².